The third kappa shape index (κ3) is 3.49. The Kier molecular flexibility index (Phi) is 5.21. The number of esters is 1. The molecule has 1 aliphatic rings. The maximum Gasteiger partial charge on any atom is 0.356 e. The molecule has 0 saturated carbocycles. The van der Waals surface area contributed by atoms with Crippen molar-refractivity contribution in [3.05, 3.63) is 59.3 Å². The van der Waals surface area contributed by atoms with Gasteiger partial charge in [0.1, 0.15) is 5.82 Å². The molecule has 0 atom stereocenters. The number of ether oxygens (including phenoxy) is 1. The van der Waals surface area contributed by atoms with Gasteiger partial charge in [-0.25, -0.2) is 23.4 Å². The van der Waals surface area contributed by atoms with Crippen LogP contribution < -0.4 is 4.90 Å². The molecule has 1 aromatic carbocycles. The molecule has 2 heterocycles. The first-order valence-electron chi connectivity index (χ1n) is 8.15. The highest BCUT2D eigenvalue weighted by Gasteiger charge is 2.47. The highest BCUT2D eigenvalue weighted by molar-refractivity contribution is 5.96. The average Bonchev–Trinajstić information content (AvgIpc) is 3.09. The Morgan fingerprint density at radius 3 is 2.46 bits per heavy atom. The Morgan fingerprint density at radius 2 is 1.86 bits per heavy atom. The number of pyridine rings is 1. The molecule has 0 aliphatic carbocycles. The van der Waals surface area contributed by atoms with Gasteiger partial charge in [-0.05, 0) is 12.1 Å². The lowest BCUT2D eigenvalue weighted by Gasteiger charge is -2.27. The SMILES string of the molecule is COC(=O)c1ccnc(N2CCN(C(F)(F)c3ccc(C(F)F)cc3)C2=O)c1. The Labute approximate surface area is 157 Å². The fourth-order valence-corrected chi connectivity index (χ4v) is 2.81. The molecule has 0 unspecified atom stereocenters. The molecule has 0 radical (unpaired) electrons. The van der Waals surface area contributed by atoms with Crippen LogP contribution in [-0.2, 0) is 10.8 Å². The monoisotopic (exact) mass is 397 g/mol. The molecule has 1 fully saturated rings. The average molecular weight is 397 g/mol. The van der Waals surface area contributed by atoms with Gasteiger partial charge in [0.2, 0.25) is 0 Å². The van der Waals surface area contributed by atoms with E-state index in [9.17, 15) is 27.2 Å². The van der Waals surface area contributed by atoms with Crippen molar-refractivity contribution in [3.63, 3.8) is 0 Å². The lowest BCUT2D eigenvalue weighted by atomic mass is 10.1. The summed E-state index contributed by atoms with van der Waals surface area (Å²) < 4.78 is 59.4. The number of nitrogens with zero attached hydrogens (tertiary/aromatic N) is 3. The Balaban J connectivity index is 1.84. The molecule has 0 spiro atoms. The number of urea groups is 1. The van der Waals surface area contributed by atoms with Gasteiger partial charge in [0, 0.05) is 30.4 Å². The number of rotatable bonds is 5. The molecule has 2 aromatic rings. The number of aromatic nitrogens is 1. The number of alkyl halides is 4. The molecule has 28 heavy (non-hydrogen) atoms. The number of carbonyl (C=O) groups is 2. The van der Waals surface area contributed by atoms with Crippen LogP contribution in [0.25, 0.3) is 0 Å². The van der Waals surface area contributed by atoms with Crippen LogP contribution in [0.4, 0.5) is 28.2 Å². The third-order valence-corrected chi connectivity index (χ3v) is 4.30. The normalized spacial score (nSPS) is 14.7. The molecule has 2 amide bonds. The van der Waals surface area contributed by atoms with E-state index >= 15 is 0 Å². The zero-order valence-corrected chi connectivity index (χ0v) is 14.6. The zero-order chi connectivity index (χ0) is 20.5. The van der Waals surface area contributed by atoms with Crippen molar-refractivity contribution in [3.8, 4) is 0 Å². The molecule has 10 heteroatoms. The first-order chi connectivity index (χ1) is 13.3. The summed E-state index contributed by atoms with van der Waals surface area (Å²) in [7, 11) is 1.19. The third-order valence-electron chi connectivity index (χ3n) is 4.30. The fourth-order valence-electron chi connectivity index (χ4n) is 2.81. The van der Waals surface area contributed by atoms with Crippen molar-refractivity contribution >= 4 is 17.8 Å². The Morgan fingerprint density at radius 1 is 1.18 bits per heavy atom. The van der Waals surface area contributed by atoms with E-state index in [0.717, 1.165) is 29.2 Å². The van der Waals surface area contributed by atoms with Gasteiger partial charge in [0.15, 0.2) is 0 Å². The zero-order valence-electron chi connectivity index (χ0n) is 14.6. The van der Waals surface area contributed by atoms with Gasteiger partial charge >= 0.3 is 18.0 Å². The van der Waals surface area contributed by atoms with Crippen LogP contribution in [-0.4, -0.2) is 42.1 Å². The highest BCUT2D eigenvalue weighted by Crippen LogP contribution is 2.36. The van der Waals surface area contributed by atoms with Gasteiger partial charge in [0.25, 0.3) is 6.43 Å². The predicted octanol–water partition coefficient (Wildman–Crippen LogP) is 3.80. The summed E-state index contributed by atoms with van der Waals surface area (Å²) in [5, 5.41) is 0. The minimum atomic E-state index is -3.70. The van der Waals surface area contributed by atoms with Crippen LogP contribution in [0.1, 0.15) is 27.9 Å². The van der Waals surface area contributed by atoms with Crippen molar-refractivity contribution in [1.82, 2.24) is 9.88 Å². The minimum absolute atomic E-state index is 0.0271. The van der Waals surface area contributed by atoms with E-state index in [1.54, 1.807) is 0 Å². The first-order valence-corrected chi connectivity index (χ1v) is 8.15. The van der Waals surface area contributed by atoms with E-state index in [1.165, 1.54) is 25.4 Å². The van der Waals surface area contributed by atoms with Crippen LogP contribution in [0.15, 0.2) is 42.6 Å². The fraction of sp³-hybridized carbons (Fsp3) is 0.278. The lowest BCUT2D eigenvalue weighted by Crippen LogP contribution is -2.42. The van der Waals surface area contributed by atoms with Gasteiger partial charge in [-0.2, -0.15) is 8.78 Å². The molecule has 0 N–H and O–H groups in total. The summed E-state index contributed by atoms with van der Waals surface area (Å²) in [4.78, 5) is 29.4. The second-order valence-electron chi connectivity index (χ2n) is 5.94. The van der Waals surface area contributed by atoms with Crippen molar-refractivity contribution in [2.75, 3.05) is 25.1 Å². The lowest BCUT2D eigenvalue weighted by molar-refractivity contribution is -0.119. The van der Waals surface area contributed by atoms with Crippen LogP contribution in [0.5, 0.6) is 0 Å². The largest absolute Gasteiger partial charge is 0.465 e. The molecule has 1 aromatic heterocycles. The van der Waals surface area contributed by atoms with Crippen molar-refractivity contribution in [1.29, 1.82) is 0 Å². The number of benzene rings is 1. The molecular weight excluding hydrogens is 382 g/mol. The molecular formula is C18H15F4N3O3. The smallest absolute Gasteiger partial charge is 0.356 e. The van der Waals surface area contributed by atoms with Gasteiger partial charge in [-0.3, -0.25) is 9.80 Å². The molecule has 6 nitrogen and oxygen atoms in total. The van der Waals surface area contributed by atoms with E-state index in [2.05, 4.69) is 9.72 Å². The van der Waals surface area contributed by atoms with Gasteiger partial charge in [0.05, 0.1) is 12.7 Å². The van der Waals surface area contributed by atoms with Crippen LogP contribution in [0, 0.1) is 0 Å². The van der Waals surface area contributed by atoms with E-state index in [1.807, 2.05) is 0 Å². The van der Waals surface area contributed by atoms with E-state index < -0.39 is 35.6 Å². The number of hydrogen-bond donors (Lipinski definition) is 0. The number of amides is 2. The number of hydrogen-bond acceptors (Lipinski definition) is 4. The van der Waals surface area contributed by atoms with Crippen LogP contribution >= 0.6 is 0 Å². The molecule has 0 bridgehead atoms. The summed E-state index contributed by atoms with van der Waals surface area (Å²) in [5.41, 5.74) is -0.853. The predicted molar refractivity (Wildman–Crippen MR) is 90.3 cm³/mol. The molecule has 148 valence electrons. The van der Waals surface area contributed by atoms with Gasteiger partial charge in [-0.15, -0.1) is 0 Å². The second kappa shape index (κ2) is 7.45. The number of halogens is 4. The summed E-state index contributed by atoms with van der Waals surface area (Å²) in [6.07, 6.45) is -1.52. The van der Waals surface area contributed by atoms with Gasteiger partial charge < -0.3 is 4.74 Å². The maximum absolute atomic E-state index is 14.8. The van der Waals surface area contributed by atoms with Crippen LogP contribution in [0.2, 0.25) is 0 Å². The minimum Gasteiger partial charge on any atom is -0.465 e. The van der Waals surface area contributed by atoms with Crippen molar-refractivity contribution in [2.45, 2.75) is 12.5 Å². The Bertz CT molecular complexity index is 890. The molecule has 1 aliphatic heterocycles. The summed E-state index contributed by atoms with van der Waals surface area (Å²) >= 11 is 0. The highest BCUT2D eigenvalue weighted by atomic mass is 19.3. The van der Waals surface area contributed by atoms with Crippen molar-refractivity contribution in [2.24, 2.45) is 0 Å². The summed E-state index contributed by atoms with van der Waals surface area (Å²) in [5.74, 6) is -0.629. The van der Waals surface area contributed by atoms with E-state index in [-0.39, 0.29) is 24.5 Å². The van der Waals surface area contributed by atoms with E-state index in [4.69, 9.17) is 0 Å². The second-order valence-corrected chi connectivity index (χ2v) is 5.94. The van der Waals surface area contributed by atoms with Crippen molar-refractivity contribution < 1.29 is 31.9 Å². The van der Waals surface area contributed by atoms with E-state index in [0.29, 0.717) is 4.90 Å². The first kappa shape index (κ1) is 19.6. The summed E-state index contributed by atoms with van der Waals surface area (Å²) in [6.45, 7) is -0.395. The number of anilines is 1. The van der Waals surface area contributed by atoms with Gasteiger partial charge in [-0.1, -0.05) is 24.3 Å². The Hall–Kier alpha value is -3.17. The standard InChI is InChI=1S/C18H15F4N3O3/c1-28-16(26)12-6-7-23-14(10-12)24-8-9-25(17(24)27)18(21,22)13-4-2-11(3-5-13)15(19)20/h2-7,10,15H,8-9H2,1H3. The quantitative estimate of drug-likeness (QED) is 0.438. The van der Waals surface area contributed by atoms with Crippen LogP contribution in [0.3, 0.4) is 0 Å². The molecule has 1 saturated heterocycles. The summed E-state index contributed by atoms with van der Waals surface area (Å²) in [6, 6.07) is 1.45. The number of carbonyl (C=O) groups excluding carboxylic acids is 2. The maximum atomic E-state index is 14.8. The topological polar surface area (TPSA) is 62.7 Å². The number of methoxy groups -OCH3 is 1. The molecule has 3 rings (SSSR count).